The molecule has 8 nitrogen and oxygen atoms in total. The molecule has 0 aliphatic carbocycles. The molecule has 0 bridgehead atoms. The Morgan fingerprint density at radius 3 is 2.53 bits per heavy atom. The Kier molecular flexibility index (Phi) is 5.92. The topological polar surface area (TPSA) is 128 Å². The summed E-state index contributed by atoms with van der Waals surface area (Å²) in [6.07, 6.45) is -4.79. The van der Waals surface area contributed by atoms with Crippen LogP contribution in [-0.4, -0.2) is 71.1 Å². The Bertz CT molecular complexity index is 340. The zero-order chi connectivity index (χ0) is 14.6. The number of rotatable bonds is 6. The van der Waals surface area contributed by atoms with Crippen LogP contribution in [-0.2, 0) is 14.1 Å². The van der Waals surface area contributed by atoms with Crippen LogP contribution in [0.4, 0.5) is 0 Å². The molecule has 9 heteroatoms. The lowest BCUT2D eigenvalue weighted by Gasteiger charge is -2.25. The normalized spacial score (nSPS) is 26.1. The van der Waals surface area contributed by atoms with Gasteiger partial charge in [0.2, 0.25) is 5.91 Å². The lowest BCUT2D eigenvalue weighted by Crippen LogP contribution is -2.45. The number of aliphatic hydroxyl groups excluding tert-OH is 4. The average molecular weight is 275 g/mol. The zero-order valence-electron chi connectivity index (χ0n) is 10.5. The van der Waals surface area contributed by atoms with Gasteiger partial charge in [-0.3, -0.25) is 4.79 Å². The Labute approximate surface area is 110 Å². The highest BCUT2D eigenvalue weighted by molar-refractivity contribution is 6.54. The van der Waals surface area contributed by atoms with Crippen molar-refractivity contribution in [2.24, 2.45) is 0 Å². The summed E-state index contributed by atoms with van der Waals surface area (Å²) in [5.41, 5.74) is 0.124. The molecular formula is C10H18BNO7. The summed E-state index contributed by atoms with van der Waals surface area (Å²) >= 11 is 0. The highest BCUT2D eigenvalue weighted by Gasteiger charge is 2.46. The van der Waals surface area contributed by atoms with E-state index in [0.717, 1.165) is 0 Å². The molecule has 0 radical (unpaired) electrons. The molecule has 19 heavy (non-hydrogen) atoms. The van der Waals surface area contributed by atoms with Crippen LogP contribution in [0.15, 0.2) is 12.2 Å². The first kappa shape index (κ1) is 16.1. The molecule has 1 saturated heterocycles. The van der Waals surface area contributed by atoms with Crippen LogP contribution < -0.4 is 5.32 Å². The minimum atomic E-state index is -1.43. The van der Waals surface area contributed by atoms with Gasteiger partial charge in [-0.15, -0.1) is 0 Å². The van der Waals surface area contributed by atoms with Crippen molar-refractivity contribution in [3.05, 3.63) is 12.2 Å². The number of carbonyl (C=O) groups is 1. The van der Waals surface area contributed by atoms with E-state index in [0.29, 0.717) is 0 Å². The molecular weight excluding hydrogens is 257 g/mol. The third kappa shape index (κ3) is 4.00. The molecule has 4 atom stereocenters. The van der Waals surface area contributed by atoms with Gasteiger partial charge in [-0.1, -0.05) is 6.58 Å². The van der Waals surface area contributed by atoms with Gasteiger partial charge in [0.15, 0.2) is 0 Å². The maximum absolute atomic E-state index is 10.9. The van der Waals surface area contributed by atoms with Crippen LogP contribution in [0.1, 0.15) is 6.92 Å². The minimum absolute atomic E-state index is 0.124. The Balaban J connectivity index is 2.69. The highest BCUT2D eigenvalue weighted by atomic mass is 16.7. The lowest BCUT2D eigenvalue weighted by atomic mass is 9.86. The van der Waals surface area contributed by atoms with Crippen LogP contribution in [0.5, 0.6) is 0 Å². The van der Waals surface area contributed by atoms with Crippen molar-refractivity contribution < 1.29 is 34.5 Å². The van der Waals surface area contributed by atoms with E-state index in [2.05, 4.69) is 11.9 Å². The van der Waals surface area contributed by atoms with Crippen molar-refractivity contribution in [2.45, 2.75) is 31.3 Å². The Morgan fingerprint density at radius 2 is 2.05 bits per heavy atom. The molecule has 0 saturated carbocycles. The van der Waals surface area contributed by atoms with Gasteiger partial charge in [0, 0.05) is 12.5 Å². The molecule has 1 rings (SSSR count). The molecule has 0 aromatic heterocycles. The van der Waals surface area contributed by atoms with E-state index in [1.807, 2.05) is 0 Å². The molecule has 0 spiro atoms. The van der Waals surface area contributed by atoms with Gasteiger partial charge in [-0.05, 0) is 0 Å². The number of hydrogen-bond donors (Lipinski definition) is 5. The fourth-order valence-corrected chi connectivity index (χ4v) is 1.72. The largest absolute Gasteiger partial charge is 0.511 e. The van der Waals surface area contributed by atoms with Gasteiger partial charge in [0.05, 0.1) is 25.4 Å². The molecule has 1 aliphatic rings. The van der Waals surface area contributed by atoms with Crippen molar-refractivity contribution >= 4 is 13.0 Å². The van der Waals surface area contributed by atoms with Crippen LogP contribution in [0.3, 0.4) is 0 Å². The summed E-state index contributed by atoms with van der Waals surface area (Å²) in [6.45, 7) is 3.72. The molecule has 108 valence electrons. The SMILES string of the molecule is C=C(NC(C)=O)B1OC(CO)C(C(O)C(O)CO)O1. The number of carbonyl (C=O) groups excluding carboxylic acids is 1. The fourth-order valence-electron chi connectivity index (χ4n) is 1.72. The first-order valence-electron chi connectivity index (χ1n) is 5.75. The lowest BCUT2D eigenvalue weighted by molar-refractivity contribution is -0.118. The maximum Gasteiger partial charge on any atom is 0.511 e. The zero-order valence-corrected chi connectivity index (χ0v) is 10.5. The number of aliphatic hydroxyl groups is 4. The molecule has 4 unspecified atom stereocenters. The molecule has 0 aromatic rings. The summed E-state index contributed by atoms with van der Waals surface area (Å²) in [5, 5.41) is 39.4. The van der Waals surface area contributed by atoms with Gasteiger partial charge < -0.3 is 35.1 Å². The summed E-state index contributed by atoms with van der Waals surface area (Å²) in [4.78, 5) is 10.9. The van der Waals surface area contributed by atoms with Crippen LogP contribution >= 0.6 is 0 Å². The smallest absolute Gasteiger partial charge is 0.398 e. The van der Waals surface area contributed by atoms with E-state index in [4.69, 9.17) is 19.5 Å². The molecule has 1 fully saturated rings. The van der Waals surface area contributed by atoms with E-state index in [9.17, 15) is 15.0 Å². The first-order valence-corrected chi connectivity index (χ1v) is 5.75. The number of nitrogens with one attached hydrogen (secondary N) is 1. The van der Waals surface area contributed by atoms with Crippen molar-refractivity contribution in [2.75, 3.05) is 13.2 Å². The predicted octanol–water partition coefficient (Wildman–Crippen LogP) is -2.85. The van der Waals surface area contributed by atoms with E-state index < -0.39 is 44.7 Å². The van der Waals surface area contributed by atoms with E-state index in [1.165, 1.54) is 6.92 Å². The summed E-state index contributed by atoms with van der Waals surface area (Å²) in [5.74, 6) is -0.364. The highest BCUT2D eigenvalue weighted by Crippen LogP contribution is 2.23. The predicted molar refractivity (Wildman–Crippen MR) is 64.6 cm³/mol. The number of hydrogen-bond acceptors (Lipinski definition) is 7. The summed E-state index contributed by atoms with van der Waals surface area (Å²) < 4.78 is 10.6. The van der Waals surface area contributed by atoms with Crippen molar-refractivity contribution in [3.63, 3.8) is 0 Å². The second kappa shape index (κ2) is 6.99. The average Bonchev–Trinajstić information content (AvgIpc) is 2.80. The van der Waals surface area contributed by atoms with Crippen molar-refractivity contribution in [1.29, 1.82) is 0 Å². The van der Waals surface area contributed by atoms with Gasteiger partial charge in [0.25, 0.3) is 0 Å². The van der Waals surface area contributed by atoms with E-state index in [1.54, 1.807) is 0 Å². The minimum Gasteiger partial charge on any atom is -0.398 e. The maximum atomic E-state index is 10.9. The van der Waals surface area contributed by atoms with Crippen molar-refractivity contribution in [1.82, 2.24) is 5.32 Å². The summed E-state index contributed by atoms with van der Waals surface area (Å²) in [7, 11) is -1.04. The van der Waals surface area contributed by atoms with Crippen LogP contribution in [0, 0.1) is 0 Å². The molecule has 1 amide bonds. The standard InChI is InChI=1S/C10H18BNO7/c1-5(12-6(2)15)11-18-8(4-14)10(19-11)9(17)7(16)3-13/h7-10,13-14,16-17H,1,3-4H2,2H3,(H,12,15). The third-order valence-corrected chi connectivity index (χ3v) is 2.66. The van der Waals surface area contributed by atoms with Gasteiger partial charge in [0.1, 0.15) is 12.2 Å². The first-order chi connectivity index (χ1) is 8.90. The Hall–Kier alpha value is -0.965. The van der Waals surface area contributed by atoms with Crippen LogP contribution in [0.2, 0.25) is 0 Å². The molecule has 0 aromatic carbocycles. The second-order valence-corrected chi connectivity index (χ2v) is 4.24. The Morgan fingerprint density at radius 1 is 1.42 bits per heavy atom. The van der Waals surface area contributed by atoms with Gasteiger partial charge in [-0.2, -0.15) is 0 Å². The summed E-state index contributed by atoms with van der Waals surface area (Å²) in [6, 6.07) is 0. The molecule has 5 N–H and O–H groups in total. The number of amides is 1. The quantitative estimate of drug-likeness (QED) is 0.330. The second-order valence-electron chi connectivity index (χ2n) is 4.24. The van der Waals surface area contributed by atoms with E-state index in [-0.39, 0.29) is 11.5 Å². The van der Waals surface area contributed by atoms with Crippen LogP contribution in [0.25, 0.3) is 0 Å². The fraction of sp³-hybridized carbons (Fsp3) is 0.700. The molecule has 1 aliphatic heterocycles. The third-order valence-electron chi connectivity index (χ3n) is 2.66. The van der Waals surface area contributed by atoms with E-state index >= 15 is 0 Å². The monoisotopic (exact) mass is 275 g/mol. The molecule has 1 heterocycles. The van der Waals surface area contributed by atoms with Crippen molar-refractivity contribution in [3.8, 4) is 0 Å². The van der Waals surface area contributed by atoms with Gasteiger partial charge in [-0.25, -0.2) is 0 Å². The van der Waals surface area contributed by atoms with Gasteiger partial charge >= 0.3 is 7.12 Å².